The summed E-state index contributed by atoms with van der Waals surface area (Å²) in [4.78, 5) is 11.4. The number of rotatable bonds is 6. The van der Waals surface area contributed by atoms with Gasteiger partial charge in [-0.25, -0.2) is 9.97 Å². The molecule has 0 saturated carbocycles. The largest absolute Gasteiger partial charge is 0.598 e. The highest BCUT2D eigenvalue weighted by atomic mass is 35.5. The highest BCUT2D eigenvalue weighted by Crippen LogP contribution is 2.44. The van der Waals surface area contributed by atoms with Gasteiger partial charge < -0.3 is 14.6 Å². The fraction of sp³-hybridized carbons (Fsp3) is 0.600. The first-order chi connectivity index (χ1) is 16.1. The number of hydrogen-bond donors (Lipinski definition) is 2. The van der Waals surface area contributed by atoms with Crippen LogP contribution >= 0.6 is 23.2 Å². The van der Waals surface area contributed by atoms with Crippen molar-refractivity contribution in [2.24, 2.45) is 0 Å². The van der Waals surface area contributed by atoms with E-state index in [0.29, 0.717) is 17.7 Å². The van der Waals surface area contributed by atoms with Gasteiger partial charge in [-0.3, -0.25) is 0 Å². The first-order valence-corrected chi connectivity index (χ1v) is 13.9. The van der Waals surface area contributed by atoms with Crippen LogP contribution in [0.5, 0.6) is 0 Å². The minimum absolute atomic E-state index is 0.169. The molecule has 1 aliphatic carbocycles. The minimum Gasteiger partial charge on any atom is -0.598 e. The molecule has 1 unspecified atom stereocenters. The van der Waals surface area contributed by atoms with Crippen LogP contribution in [0.1, 0.15) is 75.3 Å². The van der Waals surface area contributed by atoms with E-state index in [2.05, 4.69) is 25.7 Å². The molecule has 0 amide bonds. The lowest BCUT2D eigenvalue weighted by Crippen LogP contribution is -2.51. The number of benzene rings is 1. The predicted octanol–water partition coefficient (Wildman–Crippen LogP) is 5.09. The summed E-state index contributed by atoms with van der Waals surface area (Å²) in [5, 5.41) is 11.3. The van der Waals surface area contributed by atoms with Crippen LogP contribution in [0.3, 0.4) is 0 Å². The summed E-state index contributed by atoms with van der Waals surface area (Å²) in [6, 6.07) is 5.89. The third kappa shape index (κ3) is 5.35. The summed E-state index contributed by atoms with van der Waals surface area (Å²) in [6.45, 7) is 7.45. The van der Waals surface area contributed by atoms with Crippen LogP contribution in [-0.2, 0) is 36.3 Å². The maximum absolute atomic E-state index is 13.3. The van der Waals surface area contributed by atoms with Crippen LogP contribution in [-0.4, -0.2) is 37.5 Å². The summed E-state index contributed by atoms with van der Waals surface area (Å²) in [5.74, 6) is 0.718. The molecule has 2 atom stereocenters. The van der Waals surface area contributed by atoms with Crippen molar-refractivity contribution in [3.05, 3.63) is 50.9 Å². The Bertz CT molecular complexity index is 1020. The van der Waals surface area contributed by atoms with Gasteiger partial charge in [-0.1, -0.05) is 36.6 Å². The van der Waals surface area contributed by atoms with Gasteiger partial charge in [0.1, 0.15) is 10.6 Å². The Morgan fingerprint density at radius 3 is 2.50 bits per heavy atom. The van der Waals surface area contributed by atoms with Crippen molar-refractivity contribution in [2.45, 2.75) is 82.6 Å². The number of halogens is 2. The second kappa shape index (κ2) is 10.5. The number of aliphatic hydroxyl groups is 1. The summed E-state index contributed by atoms with van der Waals surface area (Å²) in [5.41, 5.74) is 2.85. The Morgan fingerprint density at radius 1 is 1.15 bits per heavy atom. The highest BCUT2D eigenvalue weighted by Gasteiger charge is 2.46. The molecular weight excluding hydrogens is 491 g/mol. The van der Waals surface area contributed by atoms with Crippen LogP contribution in [0.15, 0.2) is 18.2 Å². The third-order valence-electron chi connectivity index (χ3n) is 6.86. The standard InChI is InChI=1S/C25H34Cl2N4O2S/c1-24(2,3)34(33)30-25(12-11-17-19(25)9-8-10-20(17)26)15-21-18(16-32)22(29-23(27)28-21)31-13-6-4-5-7-14-31/h8-10,30,32H,4-7,11-16H2,1-3H3/t25-,34?/m0/s1. The number of fused-ring (bicyclic) bond motifs is 1. The summed E-state index contributed by atoms with van der Waals surface area (Å²) >= 11 is 11.7. The van der Waals surface area contributed by atoms with Gasteiger partial charge in [0.15, 0.2) is 0 Å². The van der Waals surface area contributed by atoms with Crippen molar-refractivity contribution in [1.82, 2.24) is 14.7 Å². The average molecular weight is 526 g/mol. The molecule has 34 heavy (non-hydrogen) atoms. The Hall–Kier alpha value is -1.09. The van der Waals surface area contributed by atoms with E-state index in [0.717, 1.165) is 60.7 Å². The van der Waals surface area contributed by atoms with Crippen LogP contribution in [0, 0.1) is 0 Å². The number of anilines is 1. The van der Waals surface area contributed by atoms with Gasteiger partial charge in [-0.15, -0.1) is 4.72 Å². The van der Waals surface area contributed by atoms with Crippen molar-refractivity contribution in [3.8, 4) is 0 Å². The number of aliphatic hydroxyl groups excluding tert-OH is 1. The van der Waals surface area contributed by atoms with Gasteiger partial charge in [-0.05, 0) is 75.2 Å². The van der Waals surface area contributed by atoms with Crippen LogP contribution in [0.4, 0.5) is 5.82 Å². The zero-order valence-corrected chi connectivity index (χ0v) is 22.5. The van der Waals surface area contributed by atoms with E-state index in [9.17, 15) is 9.66 Å². The Labute approximate surface area is 215 Å². The molecule has 1 aromatic carbocycles. The van der Waals surface area contributed by atoms with Gasteiger partial charge in [0.2, 0.25) is 5.28 Å². The normalized spacial score (nSPS) is 21.9. The molecule has 2 aliphatic rings. The lowest BCUT2D eigenvalue weighted by Gasteiger charge is -2.36. The molecule has 186 valence electrons. The first kappa shape index (κ1) is 26.0. The molecule has 2 aromatic rings. The van der Waals surface area contributed by atoms with E-state index >= 15 is 0 Å². The summed E-state index contributed by atoms with van der Waals surface area (Å²) in [6.07, 6.45) is 6.49. The van der Waals surface area contributed by atoms with Crippen molar-refractivity contribution < 1.29 is 9.66 Å². The second-order valence-corrected chi connectivity index (χ2v) is 13.0. The zero-order valence-electron chi connectivity index (χ0n) is 20.2. The molecule has 6 nitrogen and oxygen atoms in total. The molecule has 1 aliphatic heterocycles. The number of aromatic nitrogens is 2. The van der Waals surface area contributed by atoms with Crippen molar-refractivity contribution in [2.75, 3.05) is 18.0 Å². The Morgan fingerprint density at radius 2 is 1.85 bits per heavy atom. The van der Waals surface area contributed by atoms with Crippen molar-refractivity contribution >= 4 is 40.4 Å². The predicted molar refractivity (Wildman–Crippen MR) is 140 cm³/mol. The molecule has 0 bridgehead atoms. The fourth-order valence-electron chi connectivity index (χ4n) is 5.02. The number of nitrogens with one attached hydrogen (secondary N) is 1. The van der Waals surface area contributed by atoms with Gasteiger partial charge in [0, 0.05) is 41.5 Å². The maximum atomic E-state index is 13.3. The quantitative estimate of drug-likeness (QED) is 0.404. The van der Waals surface area contributed by atoms with E-state index in [-0.39, 0.29) is 11.9 Å². The van der Waals surface area contributed by atoms with Crippen molar-refractivity contribution in [1.29, 1.82) is 0 Å². The lowest BCUT2D eigenvalue weighted by atomic mass is 9.86. The molecular formula is C25H34Cl2N4O2S. The van der Waals surface area contributed by atoms with Gasteiger partial charge >= 0.3 is 0 Å². The average Bonchev–Trinajstić information content (AvgIpc) is 2.95. The van der Waals surface area contributed by atoms with E-state index in [1.165, 1.54) is 12.8 Å². The molecule has 2 heterocycles. The van der Waals surface area contributed by atoms with E-state index in [4.69, 9.17) is 23.2 Å². The Balaban J connectivity index is 1.79. The van der Waals surface area contributed by atoms with Gasteiger partial charge in [0.25, 0.3) is 0 Å². The molecule has 4 rings (SSSR count). The minimum atomic E-state index is -1.32. The molecule has 1 aromatic heterocycles. The van der Waals surface area contributed by atoms with Gasteiger partial charge in [0.05, 0.1) is 17.8 Å². The zero-order chi connectivity index (χ0) is 24.5. The van der Waals surface area contributed by atoms with Crippen LogP contribution in [0.2, 0.25) is 10.3 Å². The fourth-order valence-corrected chi connectivity index (χ4v) is 6.41. The van der Waals surface area contributed by atoms with E-state index in [1.54, 1.807) is 0 Å². The molecule has 9 heteroatoms. The van der Waals surface area contributed by atoms with Crippen molar-refractivity contribution in [3.63, 3.8) is 0 Å². The molecule has 0 radical (unpaired) electrons. The lowest BCUT2D eigenvalue weighted by molar-refractivity contribution is 0.277. The van der Waals surface area contributed by atoms with E-state index < -0.39 is 21.6 Å². The number of hydrogen-bond acceptors (Lipinski definition) is 6. The number of nitrogens with zero attached hydrogens (tertiary/aromatic N) is 3. The van der Waals surface area contributed by atoms with Crippen LogP contribution in [0.25, 0.3) is 0 Å². The molecule has 1 fully saturated rings. The molecule has 2 N–H and O–H groups in total. The summed E-state index contributed by atoms with van der Waals surface area (Å²) < 4.78 is 16.3. The maximum Gasteiger partial charge on any atom is 0.224 e. The third-order valence-corrected chi connectivity index (χ3v) is 9.07. The summed E-state index contributed by atoms with van der Waals surface area (Å²) in [7, 11) is 0. The monoisotopic (exact) mass is 524 g/mol. The molecule has 0 spiro atoms. The Kier molecular flexibility index (Phi) is 8.02. The SMILES string of the molecule is CC(C)(C)[S+]([O-])N[C@]1(Cc2nc(Cl)nc(N3CCCCCC3)c2CO)CCc2c(Cl)cccc21. The molecule has 1 saturated heterocycles. The smallest absolute Gasteiger partial charge is 0.224 e. The topological polar surface area (TPSA) is 84.3 Å². The van der Waals surface area contributed by atoms with Gasteiger partial charge in [-0.2, -0.15) is 0 Å². The van der Waals surface area contributed by atoms with E-state index in [1.807, 2.05) is 32.9 Å². The first-order valence-electron chi connectivity index (χ1n) is 12.0. The van der Waals surface area contributed by atoms with Crippen LogP contribution < -0.4 is 9.62 Å². The highest BCUT2D eigenvalue weighted by molar-refractivity contribution is 7.90. The second-order valence-electron chi connectivity index (χ2n) is 10.3.